The molecule has 1 saturated carbocycles. The van der Waals surface area contributed by atoms with E-state index < -0.39 is 10.8 Å². The Balaban J connectivity index is 2.16. The van der Waals surface area contributed by atoms with Gasteiger partial charge in [-0.15, -0.1) is 0 Å². The molecule has 1 fully saturated rings. The quantitative estimate of drug-likeness (QED) is 0.779. The molecule has 0 bridgehead atoms. The second kappa shape index (κ2) is 5.86. The van der Waals surface area contributed by atoms with Gasteiger partial charge in [0.1, 0.15) is 0 Å². The largest absolute Gasteiger partial charge is 0.313 e. The fourth-order valence-corrected chi connectivity index (χ4v) is 2.25. The van der Waals surface area contributed by atoms with Crippen LogP contribution in [0.5, 0.6) is 0 Å². The van der Waals surface area contributed by atoms with Gasteiger partial charge in [-0.05, 0) is 38.5 Å². The molecule has 0 aliphatic heterocycles. The average molecular weight is 217 g/mol. The number of nitrogens with one attached hydrogen (secondary N) is 1. The predicted octanol–water partition coefficient (Wildman–Crippen LogP) is 1.92. The van der Waals surface area contributed by atoms with Gasteiger partial charge in [0.15, 0.2) is 0 Å². The Morgan fingerprint density at radius 3 is 2.43 bits per heavy atom. The van der Waals surface area contributed by atoms with Crippen molar-refractivity contribution in [3.05, 3.63) is 0 Å². The highest BCUT2D eigenvalue weighted by atomic mass is 32.2. The van der Waals surface area contributed by atoms with Gasteiger partial charge in [-0.1, -0.05) is 6.92 Å². The van der Waals surface area contributed by atoms with Crippen LogP contribution in [0.1, 0.15) is 39.5 Å². The minimum atomic E-state index is -0.684. The summed E-state index contributed by atoms with van der Waals surface area (Å²) in [6.45, 7) is 5.29. The third-order valence-electron chi connectivity index (χ3n) is 3.28. The van der Waals surface area contributed by atoms with Gasteiger partial charge in [0.2, 0.25) is 0 Å². The van der Waals surface area contributed by atoms with Crippen molar-refractivity contribution >= 4 is 10.8 Å². The minimum Gasteiger partial charge on any atom is -0.313 e. The summed E-state index contributed by atoms with van der Waals surface area (Å²) in [5.74, 6) is 0.908. The topological polar surface area (TPSA) is 29.1 Å². The summed E-state index contributed by atoms with van der Waals surface area (Å²) in [7, 11) is -0.684. The van der Waals surface area contributed by atoms with Crippen LogP contribution in [-0.2, 0) is 10.8 Å². The molecule has 14 heavy (non-hydrogen) atoms. The van der Waals surface area contributed by atoms with Gasteiger partial charge in [-0.25, -0.2) is 0 Å². The van der Waals surface area contributed by atoms with E-state index in [1.807, 2.05) is 0 Å². The average Bonchev–Trinajstić information content (AvgIpc) is 2.16. The second-order valence-corrected chi connectivity index (χ2v) is 6.48. The van der Waals surface area contributed by atoms with Gasteiger partial charge in [-0.3, -0.25) is 4.21 Å². The molecule has 2 nitrogen and oxygen atoms in total. The summed E-state index contributed by atoms with van der Waals surface area (Å²) < 4.78 is 11.1. The van der Waals surface area contributed by atoms with Crippen molar-refractivity contribution in [3.63, 3.8) is 0 Å². The van der Waals surface area contributed by atoms with Crippen molar-refractivity contribution in [1.29, 1.82) is 0 Å². The molecule has 1 aliphatic rings. The third-order valence-corrected chi connectivity index (χ3v) is 4.58. The molecular formula is C11H23NOS. The van der Waals surface area contributed by atoms with Crippen LogP contribution in [0.15, 0.2) is 0 Å². The normalized spacial score (nSPS) is 32.5. The summed E-state index contributed by atoms with van der Waals surface area (Å²) in [6, 6.07) is 0.678. The molecule has 0 heterocycles. The van der Waals surface area contributed by atoms with E-state index in [4.69, 9.17) is 0 Å². The van der Waals surface area contributed by atoms with E-state index in [2.05, 4.69) is 19.2 Å². The van der Waals surface area contributed by atoms with E-state index in [9.17, 15) is 4.21 Å². The van der Waals surface area contributed by atoms with Crippen LogP contribution < -0.4 is 5.32 Å². The van der Waals surface area contributed by atoms with E-state index >= 15 is 0 Å². The first-order valence-electron chi connectivity index (χ1n) is 5.65. The lowest BCUT2D eigenvalue weighted by Gasteiger charge is -2.27. The number of hydrogen-bond acceptors (Lipinski definition) is 2. The van der Waals surface area contributed by atoms with E-state index in [-0.39, 0.29) is 5.25 Å². The Bertz CT molecular complexity index is 188. The van der Waals surface area contributed by atoms with Crippen LogP contribution in [0, 0.1) is 5.92 Å². The van der Waals surface area contributed by atoms with Crippen LogP contribution in [0.25, 0.3) is 0 Å². The maximum atomic E-state index is 11.1. The van der Waals surface area contributed by atoms with Crippen LogP contribution in [0.4, 0.5) is 0 Å². The number of rotatable bonds is 4. The van der Waals surface area contributed by atoms with Crippen molar-refractivity contribution in [2.75, 3.05) is 12.8 Å². The highest BCUT2D eigenvalue weighted by Gasteiger charge is 2.18. The van der Waals surface area contributed by atoms with Gasteiger partial charge in [0.05, 0.1) is 0 Å². The summed E-state index contributed by atoms with van der Waals surface area (Å²) in [5.41, 5.74) is 0. The minimum absolute atomic E-state index is 0.286. The predicted molar refractivity (Wildman–Crippen MR) is 63.0 cm³/mol. The molecule has 84 valence electrons. The van der Waals surface area contributed by atoms with Crippen molar-refractivity contribution in [1.82, 2.24) is 5.32 Å². The zero-order valence-electron chi connectivity index (χ0n) is 9.58. The number of hydrogen-bond donors (Lipinski definition) is 1. The lowest BCUT2D eigenvalue weighted by molar-refractivity contribution is 0.308. The molecule has 0 amide bonds. The van der Waals surface area contributed by atoms with Crippen LogP contribution in [-0.4, -0.2) is 28.3 Å². The van der Waals surface area contributed by atoms with E-state index in [1.54, 1.807) is 6.26 Å². The highest BCUT2D eigenvalue weighted by molar-refractivity contribution is 7.84. The highest BCUT2D eigenvalue weighted by Crippen LogP contribution is 2.23. The van der Waals surface area contributed by atoms with E-state index in [1.165, 1.54) is 25.7 Å². The molecule has 0 saturated heterocycles. The Labute approximate surface area is 90.3 Å². The zero-order chi connectivity index (χ0) is 10.6. The molecule has 0 aromatic heterocycles. The van der Waals surface area contributed by atoms with Gasteiger partial charge < -0.3 is 5.32 Å². The molecule has 0 aromatic carbocycles. The summed E-state index contributed by atoms with van der Waals surface area (Å²) >= 11 is 0. The van der Waals surface area contributed by atoms with E-state index in [0.717, 1.165) is 12.5 Å². The maximum Gasteiger partial charge on any atom is 0.0441 e. The molecule has 2 atom stereocenters. The van der Waals surface area contributed by atoms with Crippen LogP contribution in [0.2, 0.25) is 0 Å². The van der Waals surface area contributed by atoms with Gasteiger partial charge >= 0.3 is 0 Å². The first-order valence-corrected chi connectivity index (χ1v) is 7.27. The van der Waals surface area contributed by atoms with Crippen molar-refractivity contribution < 1.29 is 4.21 Å². The van der Waals surface area contributed by atoms with Gasteiger partial charge in [0, 0.05) is 34.9 Å². The maximum absolute atomic E-state index is 11.1. The van der Waals surface area contributed by atoms with E-state index in [0.29, 0.717) is 6.04 Å². The second-order valence-electron chi connectivity index (χ2n) is 4.67. The fraction of sp³-hybridized carbons (Fsp3) is 1.00. The SMILES string of the molecule is CC1CCC(NCC(C)S(C)=O)CC1. The van der Waals surface area contributed by atoms with Gasteiger partial charge in [0.25, 0.3) is 0 Å². The summed E-state index contributed by atoms with van der Waals surface area (Å²) in [5, 5.41) is 3.82. The first-order chi connectivity index (χ1) is 6.59. The third kappa shape index (κ3) is 4.09. The Morgan fingerprint density at radius 1 is 1.36 bits per heavy atom. The molecule has 1 N–H and O–H groups in total. The Morgan fingerprint density at radius 2 is 1.93 bits per heavy atom. The molecule has 1 aliphatic carbocycles. The molecule has 3 heteroatoms. The van der Waals surface area contributed by atoms with Crippen LogP contribution >= 0.6 is 0 Å². The summed E-state index contributed by atoms with van der Waals surface area (Å²) in [4.78, 5) is 0. The molecule has 2 unspecified atom stereocenters. The standard InChI is InChI=1S/C11H23NOS/c1-9-4-6-11(7-5-9)12-8-10(2)14(3)13/h9-12H,4-8H2,1-3H3. The first kappa shape index (κ1) is 12.2. The van der Waals surface area contributed by atoms with Crippen molar-refractivity contribution in [2.24, 2.45) is 5.92 Å². The Kier molecular flexibility index (Phi) is 5.10. The van der Waals surface area contributed by atoms with Crippen LogP contribution in [0.3, 0.4) is 0 Å². The molecule has 0 radical (unpaired) electrons. The Hall–Kier alpha value is 0.110. The lowest BCUT2D eigenvalue weighted by atomic mass is 9.87. The molecule has 0 spiro atoms. The molecule has 0 aromatic rings. The zero-order valence-corrected chi connectivity index (χ0v) is 10.4. The lowest BCUT2D eigenvalue weighted by Crippen LogP contribution is -2.38. The monoisotopic (exact) mass is 217 g/mol. The molecular weight excluding hydrogens is 194 g/mol. The van der Waals surface area contributed by atoms with Crippen molar-refractivity contribution in [2.45, 2.75) is 50.8 Å². The molecule has 1 rings (SSSR count). The fourth-order valence-electron chi connectivity index (χ4n) is 1.91. The van der Waals surface area contributed by atoms with Crippen molar-refractivity contribution in [3.8, 4) is 0 Å². The smallest absolute Gasteiger partial charge is 0.0441 e. The van der Waals surface area contributed by atoms with Gasteiger partial charge in [-0.2, -0.15) is 0 Å². The summed E-state index contributed by atoms with van der Waals surface area (Å²) in [6.07, 6.45) is 7.08.